The number of non-ortho nitro benzene ring substituents is 1. The van der Waals surface area contributed by atoms with Crippen molar-refractivity contribution in [3.63, 3.8) is 0 Å². The minimum absolute atomic E-state index is 0.0317. The molecule has 168 valence electrons. The Kier molecular flexibility index (Phi) is 8.01. The van der Waals surface area contributed by atoms with E-state index in [-0.39, 0.29) is 34.3 Å². The third kappa shape index (κ3) is 6.91. The number of nitro benzene ring substituents is 1. The number of carbonyl (C=O) groups is 4. The van der Waals surface area contributed by atoms with Gasteiger partial charge < -0.3 is 20.3 Å². The predicted molar refractivity (Wildman–Crippen MR) is 108 cm³/mol. The van der Waals surface area contributed by atoms with Gasteiger partial charge in [-0.05, 0) is 24.6 Å². The number of nitro groups is 1. The number of carbonyl (C=O) groups excluding carboxylic acids is 2. The van der Waals surface area contributed by atoms with Gasteiger partial charge in [0.05, 0.1) is 21.8 Å². The lowest BCUT2D eigenvalue weighted by atomic mass is 10.1. The zero-order valence-corrected chi connectivity index (χ0v) is 16.7. The second kappa shape index (κ2) is 10.7. The fourth-order valence-electron chi connectivity index (χ4n) is 2.31. The summed E-state index contributed by atoms with van der Waals surface area (Å²) in [6.45, 7) is 0. The molecule has 0 saturated heterocycles. The fourth-order valence-corrected chi connectivity index (χ4v) is 2.56. The first-order chi connectivity index (χ1) is 15.1. The number of anilines is 1. The third-order valence-corrected chi connectivity index (χ3v) is 4.10. The summed E-state index contributed by atoms with van der Waals surface area (Å²) in [5.41, 5.74) is -0.489. The molecule has 2 rings (SSSR count). The van der Waals surface area contributed by atoms with E-state index in [2.05, 4.69) is 15.6 Å². The number of hydrogen-bond acceptors (Lipinski definition) is 8. The number of aromatic nitrogens is 1. The Morgan fingerprint density at radius 2 is 1.84 bits per heavy atom. The number of pyridine rings is 1. The van der Waals surface area contributed by atoms with E-state index < -0.39 is 41.3 Å². The van der Waals surface area contributed by atoms with Gasteiger partial charge in [-0.2, -0.15) is 0 Å². The normalized spacial score (nSPS) is 11.2. The molecule has 13 nitrogen and oxygen atoms in total. The number of nitrogens with zero attached hydrogens (tertiary/aromatic N) is 2. The van der Waals surface area contributed by atoms with Crippen molar-refractivity contribution in [1.82, 2.24) is 10.3 Å². The molecule has 0 radical (unpaired) electrons. The van der Waals surface area contributed by atoms with Crippen LogP contribution in [0.25, 0.3) is 0 Å². The summed E-state index contributed by atoms with van der Waals surface area (Å²) >= 11 is 5.98. The van der Waals surface area contributed by atoms with Crippen LogP contribution in [0.3, 0.4) is 0 Å². The molecule has 0 unspecified atom stereocenters. The van der Waals surface area contributed by atoms with Crippen molar-refractivity contribution in [3.05, 3.63) is 57.4 Å². The summed E-state index contributed by atoms with van der Waals surface area (Å²) in [6, 6.07) is 4.43. The highest BCUT2D eigenvalue weighted by Gasteiger charge is 2.23. The average molecular weight is 467 g/mol. The molecule has 0 saturated carbocycles. The maximum Gasteiger partial charge on any atom is 0.417 e. The van der Waals surface area contributed by atoms with E-state index in [4.69, 9.17) is 26.6 Å². The number of halogens is 1. The lowest BCUT2D eigenvalue weighted by Crippen LogP contribution is -2.41. The molecule has 32 heavy (non-hydrogen) atoms. The third-order valence-electron chi connectivity index (χ3n) is 3.81. The molecule has 4 N–H and O–H groups in total. The maximum atomic E-state index is 12.2. The van der Waals surface area contributed by atoms with Crippen LogP contribution in [0.1, 0.15) is 23.3 Å². The van der Waals surface area contributed by atoms with E-state index in [9.17, 15) is 29.3 Å². The Bertz CT molecular complexity index is 1060. The minimum Gasteiger partial charge on any atom is -0.481 e. The van der Waals surface area contributed by atoms with Gasteiger partial charge in [0, 0.05) is 18.6 Å². The van der Waals surface area contributed by atoms with Crippen molar-refractivity contribution in [1.29, 1.82) is 0 Å². The highest BCUT2D eigenvalue weighted by molar-refractivity contribution is 6.33. The Balaban J connectivity index is 2.01. The molecule has 1 aromatic carbocycles. The van der Waals surface area contributed by atoms with Crippen LogP contribution >= 0.6 is 11.6 Å². The summed E-state index contributed by atoms with van der Waals surface area (Å²) in [6.07, 6.45) is -0.723. The molecule has 2 amide bonds. The maximum absolute atomic E-state index is 12.2. The first-order valence-corrected chi connectivity index (χ1v) is 9.09. The zero-order chi connectivity index (χ0) is 23.8. The summed E-state index contributed by atoms with van der Waals surface area (Å²) in [5.74, 6) is -3.57. The van der Waals surface area contributed by atoms with Gasteiger partial charge >= 0.3 is 18.0 Å². The number of nitrogens with one attached hydrogen (secondary N) is 2. The number of ether oxygens (including phenoxy) is 1. The first-order valence-electron chi connectivity index (χ1n) is 8.71. The summed E-state index contributed by atoms with van der Waals surface area (Å²) in [4.78, 5) is 59.8. The van der Waals surface area contributed by atoms with Crippen LogP contribution in [-0.2, 0) is 9.59 Å². The van der Waals surface area contributed by atoms with Gasteiger partial charge in [-0.15, -0.1) is 0 Å². The molecule has 0 spiro atoms. The van der Waals surface area contributed by atoms with Gasteiger partial charge in [-0.1, -0.05) is 11.6 Å². The number of carboxylic acids is 2. The topological polar surface area (TPSA) is 198 Å². The average Bonchev–Trinajstić information content (AvgIpc) is 2.70. The zero-order valence-electron chi connectivity index (χ0n) is 16.0. The Hall–Kier alpha value is -4.26. The predicted octanol–water partition coefficient (Wildman–Crippen LogP) is 2.30. The largest absolute Gasteiger partial charge is 0.481 e. The van der Waals surface area contributed by atoms with E-state index in [0.717, 1.165) is 24.4 Å². The van der Waals surface area contributed by atoms with Gasteiger partial charge in [0.1, 0.15) is 17.5 Å². The number of rotatable bonds is 9. The Morgan fingerprint density at radius 3 is 2.38 bits per heavy atom. The fraction of sp³-hybridized carbons (Fsp3) is 0.167. The van der Waals surface area contributed by atoms with Crippen molar-refractivity contribution < 1.29 is 39.1 Å². The molecule has 0 aliphatic rings. The molecule has 14 heteroatoms. The summed E-state index contributed by atoms with van der Waals surface area (Å²) < 4.78 is 4.96. The highest BCUT2D eigenvalue weighted by atomic mass is 35.5. The van der Waals surface area contributed by atoms with Gasteiger partial charge in [0.2, 0.25) is 0 Å². The molecule has 1 aromatic heterocycles. The molecule has 0 aliphatic heterocycles. The molecule has 1 atom stereocenters. The van der Waals surface area contributed by atoms with Gasteiger partial charge in [0.15, 0.2) is 0 Å². The lowest BCUT2D eigenvalue weighted by Gasteiger charge is -2.14. The molecule has 1 heterocycles. The monoisotopic (exact) mass is 466 g/mol. The quantitative estimate of drug-likeness (QED) is 0.314. The number of carboxylic acid groups (broad SMARTS) is 2. The van der Waals surface area contributed by atoms with Crippen molar-refractivity contribution >= 4 is 46.9 Å². The number of benzene rings is 1. The van der Waals surface area contributed by atoms with Crippen LogP contribution in [0.15, 0.2) is 36.5 Å². The van der Waals surface area contributed by atoms with E-state index >= 15 is 0 Å². The van der Waals surface area contributed by atoms with Crippen LogP contribution < -0.4 is 15.4 Å². The number of amides is 2. The Morgan fingerprint density at radius 1 is 1.19 bits per heavy atom. The van der Waals surface area contributed by atoms with Crippen LogP contribution in [0.5, 0.6) is 5.75 Å². The second-order valence-electron chi connectivity index (χ2n) is 6.12. The summed E-state index contributed by atoms with van der Waals surface area (Å²) in [5, 5.41) is 32.6. The minimum atomic E-state index is -1.47. The van der Waals surface area contributed by atoms with Crippen molar-refractivity contribution in [2.45, 2.75) is 18.9 Å². The second-order valence-corrected chi connectivity index (χ2v) is 6.52. The SMILES string of the molecule is O=C(O)CC[C@H](NC(=O)c1ncc(NC(=O)Oc2ccc([N+](=O)[O-])cc2)cc1Cl)C(=O)O. The molecular weight excluding hydrogens is 452 g/mol. The molecule has 2 aromatic rings. The molecule has 0 bridgehead atoms. The molecular formula is C18H15ClN4O9. The Labute approximate surface area is 184 Å². The number of hydrogen-bond donors (Lipinski definition) is 4. The number of aliphatic carboxylic acids is 2. The van der Waals surface area contributed by atoms with E-state index in [0.29, 0.717) is 0 Å². The van der Waals surface area contributed by atoms with E-state index in [1.807, 2.05) is 0 Å². The first kappa shape index (κ1) is 24.0. The van der Waals surface area contributed by atoms with Gasteiger partial charge in [-0.3, -0.25) is 25.0 Å². The molecule has 0 aliphatic carbocycles. The van der Waals surface area contributed by atoms with Crippen molar-refractivity contribution in [3.8, 4) is 5.75 Å². The van der Waals surface area contributed by atoms with Crippen LogP contribution in [0.2, 0.25) is 5.02 Å². The van der Waals surface area contributed by atoms with Crippen LogP contribution in [0, 0.1) is 10.1 Å². The molecule has 0 fully saturated rings. The summed E-state index contributed by atoms with van der Waals surface area (Å²) in [7, 11) is 0. The standard InChI is InChI=1S/C18H15ClN4O9/c19-12-7-9(21-18(29)32-11-3-1-10(2-4-11)23(30)31)8-20-15(12)16(26)22-13(17(27)28)5-6-14(24)25/h1-4,7-8,13H,5-6H2,(H,21,29)(H,22,26)(H,24,25)(H,27,28)/t13-/m0/s1. The van der Waals surface area contributed by atoms with E-state index in [1.165, 1.54) is 12.1 Å². The van der Waals surface area contributed by atoms with Gasteiger partial charge in [-0.25, -0.2) is 14.6 Å². The van der Waals surface area contributed by atoms with Crippen LogP contribution in [-0.4, -0.2) is 50.1 Å². The van der Waals surface area contributed by atoms with Crippen LogP contribution in [0.4, 0.5) is 16.2 Å². The highest BCUT2D eigenvalue weighted by Crippen LogP contribution is 2.21. The van der Waals surface area contributed by atoms with E-state index in [1.54, 1.807) is 0 Å². The lowest BCUT2D eigenvalue weighted by molar-refractivity contribution is -0.384. The van der Waals surface area contributed by atoms with Gasteiger partial charge in [0.25, 0.3) is 11.6 Å². The van der Waals surface area contributed by atoms with Crippen molar-refractivity contribution in [2.24, 2.45) is 0 Å². The smallest absolute Gasteiger partial charge is 0.417 e. The van der Waals surface area contributed by atoms with Crippen molar-refractivity contribution in [2.75, 3.05) is 5.32 Å².